The average Bonchev–Trinajstić information content (AvgIpc) is 3.03. The van der Waals surface area contributed by atoms with Crippen LogP contribution in [-0.4, -0.2) is 64.9 Å². The Balaban J connectivity index is 2.31. The number of nitrogens with zero attached hydrogens (tertiary/aromatic N) is 1. The van der Waals surface area contributed by atoms with Crippen LogP contribution >= 0.6 is 0 Å². The fourth-order valence-corrected chi connectivity index (χ4v) is 3.47. The van der Waals surface area contributed by atoms with Crippen LogP contribution in [0.25, 0.3) is 0 Å². The lowest BCUT2D eigenvalue weighted by Gasteiger charge is -2.21. The van der Waals surface area contributed by atoms with Crippen LogP contribution in [0.3, 0.4) is 0 Å². The summed E-state index contributed by atoms with van der Waals surface area (Å²) in [4.78, 5) is 41.2. The molecule has 1 aromatic rings. The number of amides is 2. The summed E-state index contributed by atoms with van der Waals surface area (Å²) in [7, 11) is 0. The second-order valence-electron chi connectivity index (χ2n) is 9.45. The third kappa shape index (κ3) is 19.6. The molecule has 0 fully saturated rings. The molecule has 0 aliphatic heterocycles. The van der Waals surface area contributed by atoms with Crippen molar-refractivity contribution in [2.24, 2.45) is 0 Å². The van der Waals surface area contributed by atoms with Crippen LogP contribution in [0.15, 0.2) is 97.4 Å². The van der Waals surface area contributed by atoms with Crippen molar-refractivity contribution in [2.45, 2.75) is 70.4 Å². The fraction of sp³-hybridized carbons (Fsp3) is 0.412. The van der Waals surface area contributed by atoms with Crippen molar-refractivity contribution in [3.05, 3.63) is 103 Å². The van der Waals surface area contributed by atoms with Crippen molar-refractivity contribution in [1.29, 1.82) is 0 Å². The zero-order chi connectivity index (χ0) is 31.4. The van der Waals surface area contributed by atoms with Crippen molar-refractivity contribution >= 4 is 17.8 Å². The average molecular weight is 594 g/mol. The Hall–Kier alpha value is -4.08. The van der Waals surface area contributed by atoms with E-state index in [9.17, 15) is 24.6 Å². The van der Waals surface area contributed by atoms with E-state index in [4.69, 9.17) is 4.74 Å². The predicted octanol–water partition coefficient (Wildman–Crippen LogP) is 4.67. The van der Waals surface area contributed by atoms with Gasteiger partial charge in [-0.2, -0.15) is 0 Å². The highest BCUT2D eigenvalue weighted by Gasteiger charge is 2.26. The lowest BCUT2D eigenvalue weighted by atomic mass is 10.2. The maximum Gasteiger partial charge on any atom is 0.330 e. The second kappa shape index (κ2) is 25.6. The minimum absolute atomic E-state index is 0.205. The molecule has 9 nitrogen and oxygen atoms in total. The van der Waals surface area contributed by atoms with Crippen LogP contribution in [0, 0.1) is 0 Å². The van der Waals surface area contributed by atoms with Crippen LogP contribution in [0.2, 0.25) is 0 Å². The Morgan fingerprint density at radius 2 is 1.37 bits per heavy atom. The first-order valence-corrected chi connectivity index (χ1v) is 14.8. The first kappa shape index (κ1) is 36.9. The van der Waals surface area contributed by atoms with Gasteiger partial charge in [-0.3, -0.25) is 14.6 Å². The third-order valence-corrected chi connectivity index (χ3v) is 5.84. The highest BCUT2D eigenvalue weighted by molar-refractivity contribution is 5.96. The summed E-state index contributed by atoms with van der Waals surface area (Å²) in [5, 5.41) is 23.5. The highest BCUT2D eigenvalue weighted by Crippen LogP contribution is 2.02. The summed E-state index contributed by atoms with van der Waals surface area (Å²) < 4.78 is 5.03. The number of allylic oxidation sites excluding steroid dienone is 12. The van der Waals surface area contributed by atoms with Gasteiger partial charge in [0.25, 0.3) is 5.91 Å². The zero-order valence-corrected chi connectivity index (χ0v) is 25.1. The molecule has 9 heteroatoms. The van der Waals surface area contributed by atoms with Gasteiger partial charge in [0.2, 0.25) is 5.91 Å². The second-order valence-corrected chi connectivity index (χ2v) is 9.45. The number of hydrogen-bond acceptors (Lipinski definition) is 7. The number of carbonyl (C=O) groups is 3. The molecule has 0 aliphatic rings. The first-order chi connectivity index (χ1) is 21.0. The Labute approximate surface area is 255 Å². The largest absolute Gasteiger partial charge is 0.456 e. The van der Waals surface area contributed by atoms with E-state index < -0.39 is 37.2 Å². The standard InChI is InChI=1S/C34H47N3O6/c1-2-3-4-5-6-7-8-9-10-11-12-13-14-15-16-17-18-19-20-23-32(40)36-26-31(34(42)43-30(27-38)28-39)37-33(41)29-22-21-24-35-25-29/h3-4,6-7,9-10,12-13,15-16,18-19,21-22,24-25,30-31,38-39H,2,5,8,11,14,17,20,23,26-28H2,1H3,(H,36,40)(H,37,41)/b4-3-,7-6-,10-9-,13-12-,16-15-,19-18-. The van der Waals surface area contributed by atoms with Crippen molar-refractivity contribution in [1.82, 2.24) is 15.6 Å². The summed E-state index contributed by atoms with van der Waals surface area (Å²) in [6, 6.07) is 1.88. The van der Waals surface area contributed by atoms with Crippen molar-refractivity contribution in [3.63, 3.8) is 0 Å². The molecule has 2 amide bonds. The van der Waals surface area contributed by atoms with Gasteiger partial charge in [-0.05, 0) is 57.1 Å². The summed E-state index contributed by atoms with van der Waals surface area (Å²) in [5.74, 6) is -1.76. The molecule has 0 aromatic carbocycles. The van der Waals surface area contributed by atoms with E-state index in [0.717, 1.165) is 38.5 Å². The number of pyridine rings is 1. The number of nitrogens with one attached hydrogen (secondary N) is 2. The molecule has 234 valence electrons. The van der Waals surface area contributed by atoms with Gasteiger partial charge in [-0.15, -0.1) is 0 Å². The minimum atomic E-state index is -1.22. The van der Waals surface area contributed by atoms with E-state index in [1.54, 1.807) is 6.07 Å². The Morgan fingerprint density at radius 1 is 0.837 bits per heavy atom. The van der Waals surface area contributed by atoms with E-state index in [2.05, 4.69) is 83.3 Å². The molecule has 0 saturated carbocycles. The Morgan fingerprint density at radius 3 is 1.86 bits per heavy atom. The lowest BCUT2D eigenvalue weighted by Crippen LogP contribution is -2.50. The van der Waals surface area contributed by atoms with Crippen LogP contribution in [0.4, 0.5) is 0 Å². The normalized spacial score (nSPS) is 12.9. The summed E-state index contributed by atoms with van der Waals surface area (Å²) in [6.45, 7) is 0.763. The summed E-state index contributed by atoms with van der Waals surface area (Å²) in [5.41, 5.74) is 0.227. The van der Waals surface area contributed by atoms with Gasteiger partial charge in [0, 0.05) is 25.4 Å². The highest BCUT2D eigenvalue weighted by atomic mass is 16.6. The third-order valence-electron chi connectivity index (χ3n) is 5.84. The van der Waals surface area contributed by atoms with Gasteiger partial charge in [0.15, 0.2) is 0 Å². The molecule has 1 aromatic heterocycles. The topological polar surface area (TPSA) is 138 Å². The molecule has 0 saturated heterocycles. The molecule has 43 heavy (non-hydrogen) atoms. The van der Waals surface area contributed by atoms with Crippen molar-refractivity contribution < 1.29 is 29.3 Å². The van der Waals surface area contributed by atoms with Crippen LogP contribution in [0.5, 0.6) is 0 Å². The molecule has 1 atom stereocenters. The van der Waals surface area contributed by atoms with Gasteiger partial charge in [-0.1, -0.05) is 79.8 Å². The van der Waals surface area contributed by atoms with E-state index in [0.29, 0.717) is 6.42 Å². The molecule has 0 aliphatic carbocycles. The molecule has 0 spiro atoms. The summed E-state index contributed by atoms with van der Waals surface area (Å²) in [6.07, 6.45) is 33.4. The molecule has 1 unspecified atom stereocenters. The van der Waals surface area contributed by atoms with Crippen LogP contribution < -0.4 is 10.6 Å². The van der Waals surface area contributed by atoms with E-state index >= 15 is 0 Å². The minimum Gasteiger partial charge on any atom is -0.456 e. The van der Waals surface area contributed by atoms with Crippen molar-refractivity contribution in [3.8, 4) is 0 Å². The van der Waals surface area contributed by atoms with Crippen LogP contribution in [0.1, 0.15) is 68.6 Å². The predicted molar refractivity (Wildman–Crippen MR) is 170 cm³/mol. The molecular formula is C34H47N3O6. The van der Waals surface area contributed by atoms with Gasteiger partial charge in [0.05, 0.1) is 18.8 Å². The lowest BCUT2D eigenvalue weighted by molar-refractivity contribution is -0.155. The molecule has 4 N–H and O–H groups in total. The Kier molecular flexibility index (Phi) is 22.0. The quantitative estimate of drug-likeness (QED) is 0.113. The molecular weight excluding hydrogens is 546 g/mol. The summed E-state index contributed by atoms with van der Waals surface area (Å²) >= 11 is 0. The molecule has 1 heterocycles. The number of esters is 1. The number of hydrogen-bond donors (Lipinski definition) is 4. The number of aliphatic hydroxyl groups is 2. The molecule has 0 radical (unpaired) electrons. The molecule has 1 rings (SSSR count). The monoisotopic (exact) mass is 593 g/mol. The van der Waals surface area contributed by atoms with E-state index in [-0.39, 0.29) is 24.4 Å². The molecule has 0 bridgehead atoms. The smallest absolute Gasteiger partial charge is 0.330 e. The number of aliphatic hydroxyl groups excluding tert-OH is 2. The van der Waals surface area contributed by atoms with Gasteiger partial charge in [0.1, 0.15) is 12.1 Å². The SMILES string of the molecule is CC/C=C\C/C=C\C/C=C\C/C=C\C/C=C\C/C=C\CCC(=O)NCC(NC(=O)c1cccnc1)C(=O)OC(CO)CO. The van der Waals surface area contributed by atoms with E-state index in [1.807, 2.05) is 12.2 Å². The Bertz CT molecular complexity index is 1090. The van der Waals surface area contributed by atoms with Crippen LogP contribution in [-0.2, 0) is 14.3 Å². The maximum absolute atomic E-state index is 12.5. The van der Waals surface area contributed by atoms with Gasteiger partial charge < -0.3 is 25.6 Å². The maximum atomic E-state index is 12.5. The number of carbonyl (C=O) groups excluding carboxylic acids is 3. The van der Waals surface area contributed by atoms with Crippen molar-refractivity contribution in [2.75, 3.05) is 19.8 Å². The van der Waals surface area contributed by atoms with E-state index in [1.165, 1.54) is 18.5 Å². The zero-order valence-electron chi connectivity index (χ0n) is 25.1. The van der Waals surface area contributed by atoms with Gasteiger partial charge in [-0.25, -0.2) is 4.79 Å². The number of rotatable bonds is 22. The van der Waals surface area contributed by atoms with Gasteiger partial charge >= 0.3 is 5.97 Å². The number of aromatic nitrogens is 1. The fourth-order valence-electron chi connectivity index (χ4n) is 3.47. The number of ether oxygens (including phenoxy) is 1. The first-order valence-electron chi connectivity index (χ1n) is 14.8.